The first-order valence-electron chi connectivity index (χ1n) is 9.89. The molecule has 1 aliphatic carbocycles. The number of hydrogen-bond donors (Lipinski definition) is 1. The summed E-state index contributed by atoms with van der Waals surface area (Å²) < 4.78 is 18.0. The Balaban J connectivity index is 1.42. The molecule has 3 aromatic rings. The van der Waals surface area contributed by atoms with Crippen LogP contribution in [0.1, 0.15) is 59.2 Å². The summed E-state index contributed by atoms with van der Waals surface area (Å²) in [6.07, 6.45) is 9.22. The monoisotopic (exact) mass is 379 g/mol. The molecule has 0 spiro atoms. The lowest BCUT2D eigenvalue weighted by Gasteiger charge is -2.24. The van der Waals surface area contributed by atoms with Crippen LogP contribution in [-0.4, -0.2) is 25.2 Å². The molecular formula is C21H22FN5O. The van der Waals surface area contributed by atoms with Gasteiger partial charge in [-0.3, -0.25) is 4.79 Å². The summed E-state index contributed by atoms with van der Waals surface area (Å²) >= 11 is 0. The molecule has 0 unspecified atom stereocenters. The predicted molar refractivity (Wildman–Crippen MR) is 102 cm³/mol. The SMILES string of the molecule is O=C(N[C@@H]1CCCc2c1cnn2-c1ccccc1F)c1ncn2c1CCCC2. The Morgan fingerprint density at radius 1 is 1.14 bits per heavy atom. The molecule has 0 radical (unpaired) electrons. The molecule has 28 heavy (non-hydrogen) atoms. The molecule has 144 valence electrons. The van der Waals surface area contributed by atoms with Crippen LogP contribution in [0.25, 0.3) is 5.69 Å². The van der Waals surface area contributed by atoms with E-state index in [9.17, 15) is 9.18 Å². The second-order valence-electron chi connectivity index (χ2n) is 7.52. The van der Waals surface area contributed by atoms with Crippen LogP contribution < -0.4 is 5.32 Å². The number of benzene rings is 1. The van der Waals surface area contributed by atoms with Gasteiger partial charge in [-0.2, -0.15) is 5.10 Å². The zero-order valence-electron chi connectivity index (χ0n) is 15.6. The van der Waals surface area contributed by atoms with Gasteiger partial charge in [-0.25, -0.2) is 14.1 Å². The van der Waals surface area contributed by atoms with Crippen LogP contribution in [0.3, 0.4) is 0 Å². The molecule has 1 aliphatic heterocycles. The Morgan fingerprint density at radius 3 is 2.89 bits per heavy atom. The molecule has 0 saturated carbocycles. The first kappa shape index (κ1) is 17.2. The van der Waals surface area contributed by atoms with Gasteiger partial charge in [0, 0.05) is 17.8 Å². The Bertz CT molecular complexity index is 1040. The molecule has 1 atom stereocenters. The van der Waals surface area contributed by atoms with E-state index >= 15 is 0 Å². The third kappa shape index (κ3) is 2.82. The van der Waals surface area contributed by atoms with Crippen LogP contribution >= 0.6 is 0 Å². The van der Waals surface area contributed by atoms with Crippen molar-refractivity contribution in [3.63, 3.8) is 0 Å². The van der Waals surface area contributed by atoms with Crippen LogP contribution in [-0.2, 0) is 19.4 Å². The molecule has 2 aliphatic rings. The van der Waals surface area contributed by atoms with E-state index in [4.69, 9.17) is 0 Å². The zero-order valence-corrected chi connectivity index (χ0v) is 15.6. The van der Waals surface area contributed by atoms with E-state index in [1.165, 1.54) is 6.07 Å². The third-order valence-corrected chi connectivity index (χ3v) is 5.79. The molecule has 3 heterocycles. The standard InChI is InChI=1S/C21H22FN5O/c22-15-6-1-2-8-18(15)27-17-10-5-7-16(14(17)12-24-27)25-21(28)20-19-9-3-4-11-26(19)13-23-20/h1-2,6,8,12-13,16H,3-5,7,9-11H2,(H,25,28)/t16-/m1/s1. The van der Waals surface area contributed by atoms with E-state index in [2.05, 4.69) is 20.0 Å². The highest BCUT2D eigenvalue weighted by molar-refractivity contribution is 5.93. The normalized spacial score (nSPS) is 18.4. The zero-order chi connectivity index (χ0) is 19.1. The average molecular weight is 379 g/mol. The van der Waals surface area contributed by atoms with Crippen LogP contribution in [0.15, 0.2) is 36.8 Å². The van der Waals surface area contributed by atoms with Crippen molar-refractivity contribution in [2.45, 2.75) is 51.1 Å². The Kier molecular flexibility index (Phi) is 4.22. The Morgan fingerprint density at radius 2 is 2.00 bits per heavy atom. The maximum absolute atomic E-state index is 14.2. The number of carbonyl (C=O) groups excluding carboxylic acids is 1. The number of nitrogens with one attached hydrogen (secondary N) is 1. The van der Waals surface area contributed by atoms with Crippen molar-refractivity contribution in [3.8, 4) is 5.69 Å². The van der Waals surface area contributed by atoms with Gasteiger partial charge < -0.3 is 9.88 Å². The van der Waals surface area contributed by atoms with Crippen molar-refractivity contribution < 1.29 is 9.18 Å². The van der Waals surface area contributed by atoms with Gasteiger partial charge in [0.1, 0.15) is 17.2 Å². The minimum absolute atomic E-state index is 0.127. The number of amides is 1. The number of halogens is 1. The highest BCUT2D eigenvalue weighted by Gasteiger charge is 2.29. The second kappa shape index (κ2) is 6.89. The van der Waals surface area contributed by atoms with Gasteiger partial charge in [0.25, 0.3) is 5.91 Å². The number of hydrogen-bond acceptors (Lipinski definition) is 3. The number of aromatic nitrogens is 4. The fourth-order valence-electron chi connectivity index (χ4n) is 4.39. The molecular weight excluding hydrogens is 357 g/mol. The highest BCUT2D eigenvalue weighted by Crippen LogP contribution is 2.32. The lowest BCUT2D eigenvalue weighted by molar-refractivity contribution is 0.0926. The summed E-state index contributed by atoms with van der Waals surface area (Å²) in [6.45, 7) is 0.929. The fraction of sp³-hybridized carbons (Fsp3) is 0.381. The van der Waals surface area contributed by atoms with E-state index in [-0.39, 0.29) is 17.8 Å². The predicted octanol–water partition coefficient (Wildman–Crippen LogP) is 3.35. The summed E-state index contributed by atoms with van der Waals surface area (Å²) in [4.78, 5) is 17.3. The summed E-state index contributed by atoms with van der Waals surface area (Å²) in [5, 5.41) is 7.57. The van der Waals surface area contributed by atoms with Crippen molar-refractivity contribution in [3.05, 3.63) is 65.3 Å². The molecule has 1 N–H and O–H groups in total. The van der Waals surface area contributed by atoms with Gasteiger partial charge in [0.15, 0.2) is 0 Å². The third-order valence-electron chi connectivity index (χ3n) is 5.79. The second-order valence-corrected chi connectivity index (χ2v) is 7.52. The number of nitrogens with zero attached hydrogens (tertiary/aromatic N) is 4. The number of rotatable bonds is 3. The summed E-state index contributed by atoms with van der Waals surface area (Å²) in [5.41, 5.74) is 3.94. The van der Waals surface area contributed by atoms with Crippen LogP contribution in [0, 0.1) is 5.82 Å². The van der Waals surface area contributed by atoms with Gasteiger partial charge in [0.05, 0.1) is 24.3 Å². The molecule has 1 amide bonds. The number of imidazole rings is 1. The Hall–Kier alpha value is -2.96. The fourth-order valence-corrected chi connectivity index (χ4v) is 4.39. The van der Waals surface area contributed by atoms with Crippen molar-refractivity contribution >= 4 is 5.91 Å². The number of para-hydroxylation sites is 1. The summed E-state index contributed by atoms with van der Waals surface area (Å²) in [7, 11) is 0. The quantitative estimate of drug-likeness (QED) is 0.759. The lowest BCUT2D eigenvalue weighted by atomic mass is 9.92. The van der Waals surface area contributed by atoms with Crippen molar-refractivity contribution in [2.75, 3.05) is 0 Å². The van der Waals surface area contributed by atoms with E-state index < -0.39 is 0 Å². The molecule has 0 saturated heterocycles. The minimum Gasteiger partial charge on any atom is -0.344 e. The summed E-state index contributed by atoms with van der Waals surface area (Å²) in [6, 6.07) is 6.51. The number of fused-ring (bicyclic) bond motifs is 2. The molecule has 5 rings (SSSR count). The van der Waals surface area contributed by atoms with Gasteiger partial charge in [-0.15, -0.1) is 0 Å². The van der Waals surface area contributed by atoms with Gasteiger partial charge in [-0.05, 0) is 50.7 Å². The first-order valence-corrected chi connectivity index (χ1v) is 9.89. The van der Waals surface area contributed by atoms with Crippen LogP contribution in [0.4, 0.5) is 4.39 Å². The van der Waals surface area contributed by atoms with Crippen LogP contribution in [0.5, 0.6) is 0 Å². The molecule has 1 aromatic carbocycles. The number of aryl methyl sites for hydroxylation is 1. The Labute approximate surface area is 162 Å². The lowest BCUT2D eigenvalue weighted by Crippen LogP contribution is -2.32. The molecule has 0 fully saturated rings. The first-order chi connectivity index (χ1) is 13.7. The van der Waals surface area contributed by atoms with Crippen molar-refractivity contribution in [2.24, 2.45) is 0 Å². The van der Waals surface area contributed by atoms with E-state index in [0.717, 1.165) is 62.0 Å². The van der Waals surface area contributed by atoms with E-state index in [1.807, 2.05) is 0 Å². The maximum Gasteiger partial charge on any atom is 0.272 e. The van der Waals surface area contributed by atoms with Gasteiger partial charge in [0.2, 0.25) is 0 Å². The molecule has 2 aromatic heterocycles. The molecule has 7 heteroatoms. The van der Waals surface area contributed by atoms with Gasteiger partial charge >= 0.3 is 0 Å². The minimum atomic E-state index is -0.302. The van der Waals surface area contributed by atoms with Gasteiger partial charge in [-0.1, -0.05) is 12.1 Å². The smallest absolute Gasteiger partial charge is 0.272 e. The van der Waals surface area contributed by atoms with E-state index in [1.54, 1.807) is 35.4 Å². The largest absolute Gasteiger partial charge is 0.344 e. The van der Waals surface area contributed by atoms with Crippen molar-refractivity contribution in [1.29, 1.82) is 0 Å². The molecule has 0 bridgehead atoms. The van der Waals surface area contributed by atoms with Crippen molar-refractivity contribution in [1.82, 2.24) is 24.6 Å². The maximum atomic E-state index is 14.2. The average Bonchev–Trinajstić information content (AvgIpc) is 3.33. The van der Waals surface area contributed by atoms with Crippen LogP contribution in [0.2, 0.25) is 0 Å². The topological polar surface area (TPSA) is 64.7 Å². The summed E-state index contributed by atoms with van der Waals surface area (Å²) in [5.74, 6) is -0.434. The highest BCUT2D eigenvalue weighted by atomic mass is 19.1. The number of carbonyl (C=O) groups is 1. The van der Waals surface area contributed by atoms with E-state index in [0.29, 0.717) is 11.4 Å². The molecule has 6 nitrogen and oxygen atoms in total.